The number of hydrogen-bond donors (Lipinski definition) is 0. The number of rotatable bonds is 6. The van der Waals surface area contributed by atoms with Crippen LogP contribution in [0.3, 0.4) is 0 Å². The highest BCUT2D eigenvalue weighted by Crippen LogP contribution is 2.24. The molecule has 0 spiro atoms. The molecule has 1 aliphatic heterocycles. The van der Waals surface area contributed by atoms with E-state index in [1.54, 1.807) is 23.1 Å². The minimum absolute atomic E-state index is 0.0173. The number of ether oxygens (including phenoxy) is 1. The second-order valence-corrected chi connectivity index (χ2v) is 8.59. The van der Waals surface area contributed by atoms with Crippen LogP contribution in [0.2, 0.25) is 0 Å². The molecule has 1 atom stereocenters. The van der Waals surface area contributed by atoms with Crippen molar-refractivity contribution in [3.8, 4) is 0 Å². The van der Waals surface area contributed by atoms with Crippen LogP contribution < -0.4 is 4.31 Å². The van der Waals surface area contributed by atoms with Crippen molar-refractivity contribution in [3.05, 3.63) is 29.8 Å². The Balaban J connectivity index is 2.20. The minimum Gasteiger partial charge on any atom is -0.465 e. The predicted octanol–water partition coefficient (Wildman–Crippen LogP) is 1.89. The van der Waals surface area contributed by atoms with Crippen molar-refractivity contribution in [1.29, 1.82) is 0 Å². The number of benzene rings is 1. The van der Waals surface area contributed by atoms with Crippen molar-refractivity contribution in [3.63, 3.8) is 0 Å². The van der Waals surface area contributed by atoms with E-state index in [2.05, 4.69) is 6.92 Å². The molecule has 1 unspecified atom stereocenters. The topological polar surface area (TPSA) is 84.0 Å². The van der Waals surface area contributed by atoms with Crippen molar-refractivity contribution in [2.75, 3.05) is 37.3 Å². The van der Waals surface area contributed by atoms with Crippen LogP contribution in [0, 0.1) is 5.92 Å². The number of esters is 1. The molecule has 0 saturated carbocycles. The highest BCUT2D eigenvalue weighted by atomic mass is 32.2. The summed E-state index contributed by atoms with van der Waals surface area (Å²) in [7, 11) is -2.42. The quantitative estimate of drug-likeness (QED) is 0.702. The first kappa shape index (κ1) is 20.2. The second-order valence-electron chi connectivity index (χ2n) is 6.68. The maximum Gasteiger partial charge on any atom is 0.340 e. The van der Waals surface area contributed by atoms with Crippen LogP contribution in [0.1, 0.15) is 36.5 Å². The molecule has 0 aliphatic carbocycles. The summed E-state index contributed by atoms with van der Waals surface area (Å²) in [6.45, 7) is 3.50. The molecule has 1 aromatic rings. The van der Waals surface area contributed by atoms with Crippen molar-refractivity contribution in [1.82, 2.24) is 4.90 Å². The molecule has 2 rings (SSSR count). The molecule has 0 aromatic heterocycles. The molecule has 0 radical (unpaired) electrons. The number of sulfonamides is 1. The molecule has 1 amide bonds. The molecule has 1 aliphatic rings. The molecule has 1 saturated heterocycles. The van der Waals surface area contributed by atoms with Gasteiger partial charge in [-0.3, -0.25) is 9.10 Å². The molecule has 0 bridgehead atoms. The lowest BCUT2D eigenvalue weighted by atomic mass is 10.00. The smallest absolute Gasteiger partial charge is 0.340 e. The van der Waals surface area contributed by atoms with Gasteiger partial charge in [-0.05, 0) is 30.9 Å². The lowest BCUT2D eigenvalue weighted by molar-refractivity contribution is -0.132. The Kier molecular flexibility index (Phi) is 6.63. The number of anilines is 1. The maximum absolute atomic E-state index is 12.5. The average Bonchev–Trinajstić information content (AvgIpc) is 2.60. The monoisotopic (exact) mass is 382 g/mol. The molecule has 144 valence electrons. The SMILES string of the molecule is COC(=O)c1ccccc1N(CCC(=O)N1CCCC(C)C1)S(C)(=O)=O. The number of carbonyl (C=O) groups excluding carboxylic acids is 2. The van der Waals surface area contributed by atoms with Gasteiger partial charge < -0.3 is 9.64 Å². The average molecular weight is 382 g/mol. The molecule has 8 heteroatoms. The van der Waals surface area contributed by atoms with Crippen LogP contribution in [0.4, 0.5) is 5.69 Å². The predicted molar refractivity (Wildman–Crippen MR) is 99.6 cm³/mol. The molecule has 7 nitrogen and oxygen atoms in total. The number of carbonyl (C=O) groups is 2. The summed E-state index contributed by atoms with van der Waals surface area (Å²) in [6, 6.07) is 6.33. The molecule has 26 heavy (non-hydrogen) atoms. The van der Waals surface area contributed by atoms with Gasteiger partial charge in [0.25, 0.3) is 0 Å². The zero-order valence-electron chi connectivity index (χ0n) is 15.5. The van der Waals surface area contributed by atoms with Crippen LogP contribution in [0.15, 0.2) is 24.3 Å². The van der Waals surface area contributed by atoms with E-state index in [0.717, 1.165) is 23.4 Å². The van der Waals surface area contributed by atoms with Crippen LogP contribution in [0.5, 0.6) is 0 Å². The first-order valence-electron chi connectivity index (χ1n) is 8.67. The fourth-order valence-corrected chi connectivity index (χ4v) is 4.15. The van der Waals surface area contributed by atoms with E-state index in [1.165, 1.54) is 13.2 Å². The Labute approximate surface area is 155 Å². The Morgan fingerprint density at radius 3 is 2.62 bits per heavy atom. The molecular weight excluding hydrogens is 356 g/mol. The lowest BCUT2D eigenvalue weighted by Crippen LogP contribution is -2.41. The van der Waals surface area contributed by atoms with Crippen molar-refractivity contribution in [2.24, 2.45) is 5.92 Å². The summed E-state index contributed by atoms with van der Waals surface area (Å²) in [6.07, 6.45) is 3.20. The van der Waals surface area contributed by atoms with E-state index in [9.17, 15) is 18.0 Å². The second kappa shape index (κ2) is 8.53. The molecule has 1 fully saturated rings. The normalized spacial score (nSPS) is 17.7. The van der Waals surface area contributed by atoms with Crippen molar-refractivity contribution < 1.29 is 22.7 Å². The number of methoxy groups -OCH3 is 1. The van der Waals surface area contributed by atoms with Gasteiger partial charge >= 0.3 is 5.97 Å². The van der Waals surface area contributed by atoms with Crippen LogP contribution in [-0.2, 0) is 19.6 Å². The number of amides is 1. The zero-order chi connectivity index (χ0) is 19.3. The lowest BCUT2D eigenvalue weighted by Gasteiger charge is -2.32. The Morgan fingerprint density at radius 2 is 2.00 bits per heavy atom. The maximum atomic E-state index is 12.5. The highest BCUT2D eigenvalue weighted by molar-refractivity contribution is 7.92. The van der Waals surface area contributed by atoms with E-state index in [0.29, 0.717) is 19.0 Å². The van der Waals surface area contributed by atoms with E-state index < -0.39 is 16.0 Å². The summed E-state index contributed by atoms with van der Waals surface area (Å²) < 4.78 is 30.4. The van der Waals surface area contributed by atoms with Crippen molar-refractivity contribution in [2.45, 2.75) is 26.2 Å². The van der Waals surface area contributed by atoms with Gasteiger partial charge in [-0.15, -0.1) is 0 Å². The van der Waals surface area contributed by atoms with E-state index in [4.69, 9.17) is 4.74 Å². The summed E-state index contributed by atoms with van der Waals surface area (Å²) >= 11 is 0. The number of piperidine rings is 1. The minimum atomic E-state index is -3.66. The number of nitrogens with zero attached hydrogens (tertiary/aromatic N) is 2. The third-order valence-corrected chi connectivity index (χ3v) is 5.70. The fourth-order valence-electron chi connectivity index (χ4n) is 3.21. The van der Waals surface area contributed by atoms with Gasteiger partial charge in [0, 0.05) is 26.1 Å². The van der Waals surface area contributed by atoms with Crippen molar-refractivity contribution >= 4 is 27.6 Å². The van der Waals surface area contributed by atoms with E-state index in [1.807, 2.05) is 0 Å². The van der Waals surface area contributed by atoms with Crippen LogP contribution in [0.25, 0.3) is 0 Å². The van der Waals surface area contributed by atoms with Gasteiger partial charge in [-0.2, -0.15) is 0 Å². The largest absolute Gasteiger partial charge is 0.465 e. The fraction of sp³-hybridized carbons (Fsp3) is 0.556. The molecular formula is C18H26N2O5S. The van der Waals surface area contributed by atoms with Crippen LogP contribution >= 0.6 is 0 Å². The Morgan fingerprint density at radius 1 is 1.31 bits per heavy atom. The summed E-state index contributed by atoms with van der Waals surface area (Å²) in [5.41, 5.74) is 0.376. The van der Waals surface area contributed by atoms with Gasteiger partial charge in [0.1, 0.15) is 0 Å². The Bertz CT molecular complexity index is 763. The molecule has 0 N–H and O–H groups in total. The third-order valence-electron chi connectivity index (χ3n) is 4.52. The van der Waals surface area contributed by atoms with Gasteiger partial charge in [0.05, 0.1) is 24.6 Å². The standard InChI is InChI=1S/C18H26N2O5S/c1-14-7-6-11-19(13-14)17(21)10-12-20(26(3,23)24)16-9-5-4-8-15(16)18(22)25-2/h4-5,8-9,14H,6-7,10-13H2,1-3H3. The summed E-state index contributed by atoms with van der Waals surface area (Å²) in [5.74, 6) is -0.232. The first-order chi connectivity index (χ1) is 12.2. The zero-order valence-corrected chi connectivity index (χ0v) is 16.3. The third kappa shape index (κ3) is 4.97. The Hall–Kier alpha value is -2.09. The first-order valence-corrected chi connectivity index (χ1v) is 10.5. The van der Waals surface area contributed by atoms with E-state index >= 15 is 0 Å². The molecule has 1 heterocycles. The molecule has 1 aromatic carbocycles. The number of hydrogen-bond acceptors (Lipinski definition) is 5. The summed E-state index contributed by atoms with van der Waals surface area (Å²) in [5, 5.41) is 0. The van der Waals surface area contributed by atoms with Gasteiger partial charge in [0.2, 0.25) is 15.9 Å². The van der Waals surface area contributed by atoms with Gasteiger partial charge in [-0.25, -0.2) is 13.2 Å². The van der Waals surface area contributed by atoms with Crippen LogP contribution in [-0.4, -0.2) is 58.2 Å². The van der Waals surface area contributed by atoms with Gasteiger partial charge in [0.15, 0.2) is 0 Å². The van der Waals surface area contributed by atoms with E-state index in [-0.39, 0.29) is 30.1 Å². The number of likely N-dealkylation sites (tertiary alicyclic amines) is 1. The van der Waals surface area contributed by atoms with Gasteiger partial charge in [-0.1, -0.05) is 19.1 Å². The number of para-hydroxylation sites is 1. The summed E-state index contributed by atoms with van der Waals surface area (Å²) in [4.78, 5) is 26.3. The highest BCUT2D eigenvalue weighted by Gasteiger charge is 2.26.